The molecule has 1 aromatic rings. The van der Waals surface area contributed by atoms with E-state index in [9.17, 15) is 0 Å². The number of nitrogens with zero attached hydrogens (tertiary/aromatic N) is 1. The molecule has 1 fully saturated rings. The zero-order chi connectivity index (χ0) is 13.2. The van der Waals surface area contributed by atoms with Gasteiger partial charge in [0.2, 0.25) is 0 Å². The zero-order valence-corrected chi connectivity index (χ0v) is 13.1. The molecule has 1 aliphatic heterocycles. The van der Waals surface area contributed by atoms with E-state index in [1.54, 1.807) is 11.3 Å². The van der Waals surface area contributed by atoms with E-state index in [0.717, 1.165) is 11.6 Å². The first-order valence-electron chi connectivity index (χ1n) is 6.66. The lowest BCUT2D eigenvalue weighted by molar-refractivity contribution is 0.0961. The van der Waals surface area contributed by atoms with Gasteiger partial charge in [-0.1, -0.05) is 11.6 Å². The molecule has 102 valence electrons. The van der Waals surface area contributed by atoms with E-state index in [-0.39, 0.29) is 0 Å². The van der Waals surface area contributed by atoms with Crippen molar-refractivity contribution in [3.05, 3.63) is 21.3 Å². The first-order chi connectivity index (χ1) is 8.45. The predicted octanol–water partition coefficient (Wildman–Crippen LogP) is 3.75. The maximum atomic E-state index is 5.93. The van der Waals surface area contributed by atoms with Crippen molar-refractivity contribution in [3.63, 3.8) is 0 Å². The van der Waals surface area contributed by atoms with Crippen LogP contribution < -0.4 is 5.32 Å². The molecule has 1 aromatic heterocycles. The molecule has 1 aliphatic rings. The molecule has 0 spiro atoms. The highest BCUT2D eigenvalue weighted by Gasteiger charge is 2.26. The van der Waals surface area contributed by atoms with Gasteiger partial charge in [0.15, 0.2) is 0 Å². The van der Waals surface area contributed by atoms with E-state index < -0.39 is 0 Å². The molecule has 0 aliphatic carbocycles. The Bertz CT molecular complexity index is 375. The van der Waals surface area contributed by atoms with Crippen molar-refractivity contribution < 1.29 is 0 Å². The van der Waals surface area contributed by atoms with Gasteiger partial charge in [0, 0.05) is 41.5 Å². The Balaban J connectivity index is 1.74. The second-order valence-corrected chi connectivity index (χ2v) is 7.48. The molecule has 18 heavy (non-hydrogen) atoms. The number of hydrogen-bond donors (Lipinski definition) is 1. The van der Waals surface area contributed by atoms with E-state index in [0.29, 0.717) is 11.6 Å². The van der Waals surface area contributed by atoms with Crippen LogP contribution in [0, 0.1) is 0 Å². The van der Waals surface area contributed by atoms with Crippen molar-refractivity contribution in [1.82, 2.24) is 10.2 Å². The molecule has 0 aromatic carbocycles. The second kappa shape index (κ2) is 5.91. The van der Waals surface area contributed by atoms with Gasteiger partial charge in [-0.15, -0.1) is 11.3 Å². The largest absolute Gasteiger partial charge is 0.309 e. The van der Waals surface area contributed by atoms with Crippen LogP contribution in [0.25, 0.3) is 0 Å². The summed E-state index contributed by atoms with van der Waals surface area (Å²) < 4.78 is 0. The number of hydrogen-bond acceptors (Lipinski definition) is 3. The number of likely N-dealkylation sites (tertiary alicyclic amines) is 1. The summed E-state index contributed by atoms with van der Waals surface area (Å²) in [6.07, 6.45) is 2.49. The summed E-state index contributed by atoms with van der Waals surface area (Å²) in [6, 6.07) is 2.72. The number of piperidine rings is 1. The summed E-state index contributed by atoms with van der Waals surface area (Å²) in [5.74, 6) is 0. The minimum absolute atomic E-state index is 0.312. The average Bonchev–Trinajstić information content (AvgIpc) is 2.72. The normalized spacial score (nSPS) is 19.3. The van der Waals surface area contributed by atoms with Crippen molar-refractivity contribution in [1.29, 1.82) is 0 Å². The van der Waals surface area contributed by atoms with Crippen LogP contribution in [0.2, 0.25) is 5.02 Å². The van der Waals surface area contributed by atoms with Gasteiger partial charge in [-0.25, -0.2) is 0 Å². The minimum Gasteiger partial charge on any atom is -0.309 e. The fourth-order valence-corrected chi connectivity index (χ4v) is 3.47. The highest BCUT2D eigenvalue weighted by atomic mass is 35.5. The molecular formula is C14H23ClN2S. The van der Waals surface area contributed by atoms with Crippen LogP contribution in [0.3, 0.4) is 0 Å². The molecule has 0 amide bonds. The summed E-state index contributed by atoms with van der Waals surface area (Å²) in [6.45, 7) is 10.3. The van der Waals surface area contributed by atoms with Gasteiger partial charge in [0.1, 0.15) is 0 Å². The Labute approximate surface area is 119 Å². The quantitative estimate of drug-likeness (QED) is 0.910. The number of thiophene rings is 1. The van der Waals surface area contributed by atoms with Gasteiger partial charge < -0.3 is 5.32 Å². The lowest BCUT2D eigenvalue weighted by Crippen LogP contribution is -2.49. The molecule has 1 saturated heterocycles. The van der Waals surface area contributed by atoms with Crippen LogP contribution in [0.4, 0.5) is 0 Å². The van der Waals surface area contributed by atoms with E-state index in [4.69, 9.17) is 11.6 Å². The van der Waals surface area contributed by atoms with Gasteiger partial charge >= 0.3 is 0 Å². The molecule has 0 atom stereocenters. The topological polar surface area (TPSA) is 15.3 Å². The molecule has 0 radical (unpaired) electrons. The Hall–Kier alpha value is -0.0900. The monoisotopic (exact) mass is 286 g/mol. The predicted molar refractivity (Wildman–Crippen MR) is 80.5 cm³/mol. The van der Waals surface area contributed by atoms with E-state index in [1.165, 1.54) is 30.8 Å². The third-order valence-corrected chi connectivity index (χ3v) is 4.91. The minimum atomic E-state index is 0.312. The van der Waals surface area contributed by atoms with Crippen molar-refractivity contribution >= 4 is 22.9 Å². The molecule has 0 saturated carbocycles. The van der Waals surface area contributed by atoms with Gasteiger partial charge in [-0.3, -0.25) is 4.90 Å². The van der Waals surface area contributed by atoms with Crippen molar-refractivity contribution in [2.75, 3.05) is 13.1 Å². The second-order valence-electron chi connectivity index (χ2n) is 6.04. The van der Waals surface area contributed by atoms with Gasteiger partial charge in [-0.2, -0.15) is 0 Å². The van der Waals surface area contributed by atoms with Gasteiger partial charge in [0.25, 0.3) is 0 Å². The molecule has 0 unspecified atom stereocenters. The van der Waals surface area contributed by atoms with Crippen molar-refractivity contribution in [3.8, 4) is 0 Å². The van der Waals surface area contributed by atoms with Gasteiger partial charge in [-0.05, 0) is 39.7 Å². The fraction of sp³-hybridized carbons (Fsp3) is 0.714. The van der Waals surface area contributed by atoms with E-state index in [2.05, 4.69) is 37.1 Å². The lowest BCUT2D eigenvalue weighted by Gasteiger charge is -2.41. The third kappa shape index (κ3) is 3.95. The Morgan fingerprint density at radius 2 is 2.06 bits per heavy atom. The summed E-state index contributed by atoms with van der Waals surface area (Å²) >= 11 is 7.67. The summed E-state index contributed by atoms with van der Waals surface area (Å²) in [5.41, 5.74) is 0.312. The molecule has 1 N–H and O–H groups in total. The molecule has 0 bridgehead atoms. The van der Waals surface area contributed by atoms with Crippen LogP contribution >= 0.6 is 22.9 Å². The van der Waals surface area contributed by atoms with Gasteiger partial charge in [0.05, 0.1) is 5.02 Å². The smallest absolute Gasteiger partial charge is 0.0516 e. The Morgan fingerprint density at radius 3 is 2.56 bits per heavy atom. The Morgan fingerprint density at radius 1 is 1.39 bits per heavy atom. The SMILES string of the molecule is CC(C)(C)N1CCC(NCc2cc(Cl)cs2)CC1. The zero-order valence-electron chi connectivity index (χ0n) is 11.5. The van der Waals surface area contributed by atoms with Crippen molar-refractivity contribution in [2.45, 2.75) is 51.7 Å². The Kier molecular flexibility index (Phi) is 4.70. The maximum absolute atomic E-state index is 5.93. The summed E-state index contributed by atoms with van der Waals surface area (Å²) in [4.78, 5) is 3.91. The molecule has 2 heterocycles. The van der Waals surface area contributed by atoms with Crippen LogP contribution in [-0.4, -0.2) is 29.6 Å². The first kappa shape index (κ1) is 14.3. The molecule has 4 heteroatoms. The third-order valence-electron chi connectivity index (χ3n) is 3.63. The van der Waals surface area contributed by atoms with Crippen molar-refractivity contribution in [2.24, 2.45) is 0 Å². The summed E-state index contributed by atoms with van der Waals surface area (Å²) in [7, 11) is 0. The van der Waals surface area contributed by atoms with Crippen LogP contribution in [-0.2, 0) is 6.54 Å². The first-order valence-corrected chi connectivity index (χ1v) is 7.92. The number of rotatable bonds is 3. The molecular weight excluding hydrogens is 264 g/mol. The lowest BCUT2D eigenvalue weighted by atomic mass is 9.98. The maximum Gasteiger partial charge on any atom is 0.0516 e. The number of halogens is 1. The average molecular weight is 287 g/mol. The highest BCUT2D eigenvalue weighted by Crippen LogP contribution is 2.22. The number of nitrogens with one attached hydrogen (secondary N) is 1. The molecule has 2 nitrogen and oxygen atoms in total. The van der Waals surface area contributed by atoms with E-state index in [1.807, 2.05) is 5.38 Å². The van der Waals surface area contributed by atoms with Crippen LogP contribution in [0.1, 0.15) is 38.5 Å². The van der Waals surface area contributed by atoms with E-state index >= 15 is 0 Å². The van der Waals surface area contributed by atoms with Crippen LogP contribution in [0.5, 0.6) is 0 Å². The summed E-state index contributed by atoms with van der Waals surface area (Å²) in [5, 5.41) is 6.51. The van der Waals surface area contributed by atoms with Crippen LogP contribution in [0.15, 0.2) is 11.4 Å². The standard InChI is InChI=1S/C14H23ClN2S/c1-14(2,3)17-6-4-12(5-7-17)16-9-13-8-11(15)10-18-13/h8,10,12,16H,4-7,9H2,1-3H3. The molecule has 2 rings (SSSR count). The highest BCUT2D eigenvalue weighted by molar-refractivity contribution is 7.10. The fourth-order valence-electron chi connectivity index (χ4n) is 2.45.